The second kappa shape index (κ2) is 6.05. The third-order valence-electron chi connectivity index (χ3n) is 5.39. The minimum absolute atomic E-state index is 0.468. The zero-order valence-electron chi connectivity index (χ0n) is 15.5. The van der Waals surface area contributed by atoms with Crippen LogP contribution in [0.2, 0.25) is 0 Å². The number of aromatic nitrogens is 1. The van der Waals surface area contributed by atoms with Gasteiger partial charge in [-0.15, -0.1) is 11.3 Å². The summed E-state index contributed by atoms with van der Waals surface area (Å²) in [4.78, 5) is 4.28. The van der Waals surface area contributed by atoms with Gasteiger partial charge < -0.3 is 9.76 Å². The molecule has 0 aliphatic rings. The highest BCUT2D eigenvalue weighted by atomic mass is 32.1. The average Bonchev–Trinajstić information content (AvgIpc) is 2.98. The Morgan fingerprint density at radius 3 is 2.54 bits per heavy atom. The van der Waals surface area contributed by atoms with E-state index in [0.29, 0.717) is 7.48 Å². The highest BCUT2D eigenvalue weighted by Gasteiger charge is 2.35. The van der Waals surface area contributed by atoms with Crippen LogP contribution in [-0.2, 0) is 4.65 Å². The fourth-order valence-electron chi connectivity index (χ4n) is 2.97. The molecule has 0 bridgehead atoms. The van der Waals surface area contributed by atoms with Crippen LogP contribution in [0.3, 0.4) is 0 Å². The fraction of sp³-hybridized carbons (Fsp3) is 0.286. The molecule has 2 heterocycles. The quantitative estimate of drug-likeness (QED) is 0.554. The van der Waals surface area contributed by atoms with Crippen molar-refractivity contribution in [3.63, 3.8) is 0 Å². The normalized spacial score (nSPS) is 13.0. The number of hydrogen-bond donors (Lipinski definition) is 1. The SMILES string of the molecule is CC(C)(O)C(C)(C)OBc1ccc2ccc3c4cnccc4sc3c2c1. The van der Waals surface area contributed by atoms with Crippen molar-refractivity contribution in [2.24, 2.45) is 0 Å². The first-order valence-electron chi connectivity index (χ1n) is 8.80. The van der Waals surface area contributed by atoms with E-state index in [1.165, 1.54) is 30.9 Å². The molecule has 1 N–H and O–H groups in total. The molecule has 4 rings (SSSR count). The summed E-state index contributed by atoms with van der Waals surface area (Å²) in [5.41, 5.74) is -0.426. The third kappa shape index (κ3) is 2.90. The molecule has 3 nitrogen and oxygen atoms in total. The molecule has 0 fully saturated rings. The lowest BCUT2D eigenvalue weighted by Crippen LogP contribution is -2.49. The first-order chi connectivity index (χ1) is 12.3. The topological polar surface area (TPSA) is 42.4 Å². The summed E-state index contributed by atoms with van der Waals surface area (Å²) in [5, 5.41) is 15.2. The average molecular weight is 363 g/mol. The first-order valence-corrected chi connectivity index (χ1v) is 9.62. The van der Waals surface area contributed by atoms with E-state index >= 15 is 0 Å². The van der Waals surface area contributed by atoms with Gasteiger partial charge >= 0.3 is 7.48 Å². The summed E-state index contributed by atoms with van der Waals surface area (Å²) in [6.45, 7) is 7.40. The van der Waals surface area contributed by atoms with Crippen molar-refractivity contribution < 1.29 is 9.76 Å². The van der Waals surface area contributed by atoms with Crippen LogP contribution < -0.4 is 5.46 Å². The van der Waals surface area contributed by atoms with Gasteiger partial charge in [0, 0.05) is 32.6 Å². The Morgan fingerprint density at radius 2 is 1.77 bits per heavy atom. The molecule has 0 unspecified atom stereocenters. The number of pyridine rings is 1. The van der Waals surface area contributed by atoms with E-state index in [4.69, 9.17) is 4.65 Å². The van der Waals surface area contributed by atoms with E-state index in [2.05, 4.69) is 41.4 Å². The maximum atomic E-state index is 10.3. The number of aliphatic hydroxyl groups is 1. The minimum Gasteiger partial charge on any atom is -0.427 e. The Balaban J connectivity index is 1.77. The number of rotatable bonds is 4. The Hall–Kier alpha value is -1.95. The standard InChI is InChI=1S/C21H22BNO2S/c1-20(2,24)21(3,4)25-22-14-7-5-13-6-8-15-17-12-23-10-9-18(17)26-19(15)16(13)11-14/h5-12,22,24H,1-4H3. The molecule has 0 saturated heterocycles. The van der Waals surface area contributed by atoms with E-state index in [1.807, 2.05) is 26.2 Å². The maximum Gasteiger partial charge on any atom is 0.309 e. The van der Waals surface area contributed by atoms with E-state index in [-0.39, 0.29) is 0 Å². The van der Waals surface area contributed by atoms with Crippen molar-refractivity contribution in [1.82, 2.24) is 4.98 Å². The molecule has 0 radical (unpaired) electrons. The summed E-state index contributed by atoms with van der Waals surface area (Å²) in [6, 6.07) is 12.9. The van der Waals surface area contributed by atoms with Crippen molar-refractivity contribution in [3.05, 3.63) is 48.8 Å². The third-order valence-corrected chi connectivity index (χ3v) is 6.61. The highest BCUT2D eigenvalue weighted by Crippen LogP contribution is 2.37. The van der Waals surface area contributed by atoms with Crippen LogP contribution in [0, 0.1) is 0 Å². The minimum atomic E-state index is -0.907. The fourth-order valence-corrected chi connectivity index (χ4v) is 4.17. The summed E-state index contributed by atoms with van der Waals surface area (Å²) in [7, 11) is 0.468. The van der Waals surface area contributed by atoms with Crippen LogP contribution in [-0.4, -0.2) is 28.8 Å². The first kappa shape index (κ1) is 17.5. The van der Waals surface area contributed by atoms with Gasteiger partial charge in [-0.25, -0.2) is 0 Å². The van der Waals surface area contributed by atoms with Crippen molar-refractivity contribution in [2.45, 2.75) is 38.9 Å². The Bertz CT molecular complexity index is 1110. The highest BCUT2D eigenvalue weighted by molar-refractivity contribution is 7.26. The lowest BCUT2D eigenvalue weighted by atomic mass is 9.82. The number of hydrogen-bond acceptors (Lipinski definition) is 4. The van der Waals surface area contributed by atoms with Crippen LogP contribution in [0.4, 0.5) is 0 Å². The summed E-state index contributed by atoms with van der Waals surface area (Å²) in [5.74, 6) is 0. The van der Waals surface area contributed by atoms with Gasteiger partial charge in [-0.1, -0.05) is 35.8 Å². The Morgan fingerprint density at radius 1 is 1.00 bits per heavy atom. The molecule has 0 aliphatic heterocycles. The van der Waals surface area contributed by atoms with Gasteiger partial charge in [-0.2, -0.15) is 0 Å². The van der Waals surface area contributed by atoms with Gasteiger partial charge in [-0.05, 0) is 44.5 Å². The molecule has 4 aromatic rings. The summed E-state index contributed by atoms with van der Waals surface area (Å²) < 4.78 is 8.59. The Labute approximate surface area is 157 Å². The van der Waals surface area contributed by atoms with Crippen molar-refractivity contribution in [3.8, 4) is 0 Å². The molecule has 2 aromatic heterocycles. The van der Waals surface area contributed by atoms with Gasteiger partial charge in [-0.3, -0.25) is 4.98 Å². The van der Waals surface area contributed by atoms with Crippen LogP contribution in [0.25, 0.3) is 30.9 Å². The van der Waals surface area contributed by atoms with Crippen LogP contribution in [0.1, 0.15) is 27.7 Å². The lowest BCUT2D eigenvalue weighted by Gasteiger charge is -2.37. The van der Waals surface area contributed by atoms with E-state index in [9.17, 15) is 5.11 Å². The molecular weight excluding hydrogens is 341 g/mol. The smallest absolute Gasteiger partial charge is 0.309 e. The van der Waals surface area contributed by atoms with Gasteiger partial charge in [0.15, 0.2) is 0 Å². The van der Waals surface area contributed by atoms with Gasteiger partial charge in [0.05, 0.1) is 11.2 Å². The monoisotopic (exact) mass is 363 g/mol. The van der Waals surface area contributed by atoms with E-state index < -0.39 is 11.2 Å². The molecule has 5 heteroatoms. The van der Waals surface area contributed by atoms with E-state index in [0.717, 1.165) is 5.46 Å². The largest absolute Gasteiger partial charge is 0.427 e. The second-order valence-electron chi connectivity index (χ2n) is 7.83. The van der Waals surface area contributed by atoms with Crippen molar-refractivity contribution >= 4 is 55.2 Å². The summed E-state index contributed by atoms with van der Waals surface area (Å²) >= 11 is 1.81. The number of thiophene rings is 1. The van der Waals surface area contributed by atoms with Crippen LogP contribution in [0.15, 0.2) is 48.8 Å². The molecule has 0 amide bonds. The predicted molar refractivity (Wildman–Crippen MR) is 113 cm³/mol. The molecule has 0 atom stereocenters. The maximum absolute atomic E-state index is 10.3. The lowest BCUT2D eigenvalue weighted by molar-refractivity contribution is -0.0893. The molecular formula is C21H22BNO2S. The van der Waals surface area contributed by atoms with Gasteiger partial charge in [0.2, 0.25) is 0 Å². The molecule has 0 spiro atoms. The number of benzene rings is 2. The number of fused-ring (bicyclic) bond motifs is 5. The van der Waals surface area contributed by atoms with E-state index in [1.54, 1.807) is 25.2 Å². The molecule has 0 saturated carbocycles. The zero-order chi connectivity index (χ0) is 18.5. The van der Waals surface area contributed by atoms with Gasteiger partial charge in [0.1, 0.15) is 0 Å². The molecule has 2 aromatic carbocycles. The summed E-state index contributed by atoms with van der Waals surface area (Å²) in [6.07, 6.45) is 3.79. The van der Waals surface area contributed by atoms with Crippen LogP contribution in [0.5, 0.6) is 0 Å². The van der Waals surface area contributed by atoms with Crippen LogP contribution >= 0.6 is 11.3 Å². The van der Waals surface area contributed by atoms with Gasteiger partial charge in [0.25, 0.3) is 0 Å². The zero-order valence-corrected chi connectivity index (χ0v) is 16.4. The van der Waals surface area contributed by atoms with Crippen molar-refractivity contribution in [1.29, 1.82) is 0 Å². The van der Waals surface area contributed by atoms with Crippen molar-refractivity contribution in [2.75, 3.05) is 0 Å². The second-order valence-corrected chi connectivity index (χ2v) is 8.88. The molecule has 26 heavy (non-hydrogen) atoms. The molecule has 0 aliphatic carbocycles. The predicted octanol–water partition coefficient (Wildman–Crippen LogP) is 4.15. The Kier molecular flexibility index (Phi) is 4.06. The molecule has 132 valence electrons. The number of nitrogens with zero attached hydrogens (tertiary/aromatic N) is 1.